The Morgan fingerprint density at radius 2 is 1.71 bits per heavy atom. The molecular weight excluding hydrogens is 520 g/mol. The summed E-state index contributed by atoms with van der Waals surface area (Å²) in [5.41, 5.74) is 2.48. The topological polar surface area (TPSA) is 101 Å². The van der Waals surface area contributed by atoms with E-state index in [1.807, 2.05) is 6.07 Å². The Kier molecular flexibility index (Phi) is 8.90. The highest BCUT2D eigenvalue weighted by atomic mass is 16.5. The van der Waals surface area contributed by atoms with Gasteiger partial charge in [0.2, 0.25) is 11.8 Å². The van der Waals surface area contributed by atoms with Crippen molar-refractivity contribution in [1.29, 1.82) is 0 Å². The van der Waals surface area contributed by atoms with Crippen molar-refractivity contribution < 1.29 is 14.3 Å². The van der Waals surface area contributed by atoms with E-state index in [2.05, 4.69) is 32.6 Å². The van der Waals surface area contributed by atoms with Crippen LogP contribution in [0, 0.1) is 5.92 Å². The van der Waals surface area contributed by atoms with Crippen molar-refractivity contribution in [3.05, 3.63) is 34.2 Å². The number of imide groups is 1. The van der Waals surface area contributed by atoms with Crippen molar-refractivity contribution >= 4 is 22.8 Å². The predicted molar refractivity (Wildman–Crippen MR) is 158 cm³/mol. The molecule has 224 valence electrons. The van der Waals surface area contributed by atoms with Gasteiger partial charge in [0.1, 0.15) is 6.04 Å². The number of nitrogens with zero attached hydrogens (tertiary/aromatic N) is 4. The quantitative estimate of drug-likeness (QED) is 0.425. The molecule has 0 radical (unpaired) electrons. The van der Waals surface area contributed by atoms with Gasteiger partial charge in [-0.15, -0.1) is 0 Å². The fraction of sp³-hybridized carbons (Fsp3) is 0.710. The number of imidazole rings is 1. The number of nitrogens with one attached hydrogen (secondary N) is 2. The number of fused-ring (bicyclic) bond motifs is 1. The number of aryl methyl sites for hydroxylation is 1. The summed E-state index contributed by atoms with van der Waals surface area (Å²) in [6, 6.07) is 6.07. The van der Waals surface area contributed by atoms with Crippen LogP contribution in [0.15, 0.2) is 23.0 Å². The number of carbonyl (C=O) groups is 2. The molecule has 2 aliphatic heterocycles. The molecule has 4 fully saturated rings. The number of aromatic nitrogens is 2. The summed E-state index contributed by atoms with van der Waals surface area (Å²) in [6.07, 6.45) is 10.4. The van der Waals surface area contributed by atoms with Crippen molar-refractivity contribution in [1.82, 2.24) is 29.6 Å². The van der Waals surface area contributed by atoms with Crippen molar-refractivity contribution in [2.75, 3.05) is 45.9 Å². The molecule has 3 heterocycles. The Morgan fingerprint density at radius 1 is 0.951 bits per heavy atom. The fourth-order valence-electron chi connectivity index (χ4n) is 7.11. The summed E-state index contributed by atoms with van der Waals surface area (Å²) in [5, 5.41) is 6.15. The van der Waals surface area contributed by atoms with Gasteiger partial charge in [0, 0.05) is 58.8 Å². The predicted octanol–water partition coefficient (Wildman–Crippen LogP) is 2.15. The Hall–Kier alpha value is -2.53. The van der Waals surface area contributed by atoms with Gasteiger partial charge in [0.15, 0.2) is 0 Å². The minimum absolute atomic E-state index is 0.226. The van der Waals surface area contributed by atoms with E-state index in [1.54, 1.807) is 16.2 Å². The Bertz CT molecular complexity index is 1280. The molecule has 1 atom stereocenters. The Morgan fingerprint density at radius 3 is 2.46 bits per heavy atom. The lowest BCUT2D eigenvalue weighted by Gasteiger charge is -2.38. The molecule has 41 heavy (non-hydrogen) atoms. The van der Waals surface area contributed by atoms with Crippen LogP contribution in [0.2, 0.25) is 0 Å². The van der Waals surface area contributed by atoms with E-state index in [9.17, 15) is 14.4 Å². The van der Waals surface area contributed by atoms with Crippen LogP contribution in [0.1, 0.15) is 69.4 Å². The molecule has 10 nitrogen and oxygen atoms in total. The second-order valence-corrected chi connectivity index (χ2v) is 12.7. The average molecular weight is 567 g/mol. The van der Waals surface area contributed by atoms with Crippen molar-refractivity contribution in [2.24, 2.45) is 13.0 Å². The standard InChI is InChI=1S/C31H46N6O4/c1-34-28-17-23(7-8-26(28)37(31(34)40)27-9-10-29(38)33-30(27)39)21-36-13-11-35(12-14-36)15-16-41-25-18-24(19-25)32-20-22-5-3-2-4-6-22/h7-8,17,22,24-25,27,32H,2-6,9-16,18-21H2,1H3,(H,33,38,39). The Labute approximate surface area is 242 Å². The summed E-state index contributed by atoms with van der Waals surface area (Å²) in [7, 11) is 1.75. The van der Waals surface area contributed by atoms with Crippen molar-refractivity contribution in [3.63, 3.8) is 0 Å². The van der Waals surface area contributed by atoms with E-state index >= 15 is 0 Å². The maximum Gasteiger partial charge on any atom is 0.329 e. The zero-order valence-electron chi connectivity index (χ0n) is 24.5. The smallest absolute Gasteiger partial charge is 0.329 e. The van der Waals surface area contributed by atoms with Gasteiger partial charge in [-0.1, -0.05) is 25.3 Å². The lowest BCUT2D eigenvalue weighted by Crippen LogP contribution is -2.49. The van der Waals surface area contributed by atoms with Gasteiger partial charge < -0.3 is 10.1 Å². The Balaban J connectivity index is 0.924. The van der Waals surface area contributed by atoms with Gasteiger partial charge >= 0.3 is 5.69 Å². The van der Waals surface area contributed by atoms with Gasteiger partial charge in [0.25, 0.3) is 0 Å². The fourth-order valence-corrected chi connectivity index (χ4v) is 7.11. The third-order valence-electron chi connectivity index (χ3n) is 9.82. The summed E-state index contributed by atoms with van der Waals surface area (Å²) < 4.78 is 9.33. The monoisotopic (exact) mass is 566 g/mol. The minimum atomic E-state index is -0.652. The average Bonchev–Trinajstić information content (AvgIpc) is 3.20. The highest BCUT2D eigenvalue weighted by Gasteiger charge is 2.32. The molecule has 2 aliphatic carbocycles. The van der Waals surface area contributed by atoms with Crippen LogP contribution in [0.5, 0.6) is 0 Å². The third kappa shape index (κ3) is 6.61. The first-order valence-corrected chi connectivity index (χ1v) is 15.8. The summed E-state index contributed by atoms with van der Waals surface area (Å²) in [4.78, 5) is 42.0. The zero-order chi connectivity index (χ0) is 28.3. The number of hydrogen-bond acceptors (Lipinski definition) is 7. The summed E-state index contributed by atoms with van der Waals surface area (Å²) >= 11 is 0. The van der Waals surface area contributed by atoms with Crippen LogP contribution in [0.25, 0.3) is 11.0 Å². The van der Waals surface area contributed by atoms with E-state index in [-0.39, 0.29) is 18.0 Å². The molecule has 0 bridgehead atoms. The largest absolute Gasteiger partial charge is 0.377 e. The number of ether oxygens (including phenoxy) is 1. The minimum Gasteiger partial charge on any atom is -0.377 e. The number of piperazine rings is 1. The maximum absolute atomic E-state index is 13.0. The van der Waals surface area contributed by atoms with E-state index in [0.717, 1.165) is 81.2 Å². The van der Waals surface area contributed by atoms with Gasteiger partial charge in [-0.05, 0) is 62.3 Å². The van der Waals surface area contributed by atoms with Crippen molar-refractivity contribution in [2.45, 2.75) is 82.5 Å². The van der Waals surface area contributed by atoms with Crippen LogP contribution in [0.3, 0.4) is 0 Å². The number of amides is 2. The zero-order valence-corrected chi connectivity index (χ0v) is 24.5. The maximum atomic E-state index is 13.0. The van der Waals surface area contributed by atoms with Crippen molar-refractivity contribution in [3.8, 4) is 0 Å². The van der Waals surface area contributed by atoms with E-state index in [4.69, 9.17) is 4.74 Å². The van der Waals surface area contributed by atoms with Crippen LogP contribution < -0.4 is 16.3 Å². The molecule has 2 amide bonds. The first kappa shape index (κ1) is 28.6. The summed E-state index contributed by atoms with van der Waals surface area (Å²) in [5.74, 6) is 0.215. The van der Waals surface area contributed by atoms with Crippen LogP contribution in [0.4, 0.5) is 0 Å². The van der Waals surface area contributed by atoms with E-state index in [1.165, 1.54) is 38.6 Å². The number of hydrogen-bond donors (Lipinski definition) is 2. The normalized spacial score (nSPS) is 26.8. The second kappa shape index (κ2) is 12.8. The van der Waals surface area contributed by atoms with Crippen LogP contribution in [-0.4, -0.2) is 88.8 Å². The summed E-state index contributed by atoms with van der Waals surface area (Å²) in [6.45, 7) is 7.91. The molecular formula is C31H46N6O4. The molecule has 10 heteroatoms. The molecule has 2 aromatic rings. The number of benzene rings is 1. The molecule has 1 unspecified atom stereocenters. The SMILES string of the molecule is Cn1c(=O)n(C2CCC(=O)NC2=O)c2ccc(CN3CCN(CCOC4CC(NCC5CCCCC5)C4)CC3)cc21. The van der Waals surface area contributed by atoms with Gasteiger partial charge in [-0.3, -0.25) is 33.8 Å². The number of piperidine rings is 1. The highest BCUT2D eigenvalue weighted by Crippen LogP contribution is 2.27. The lowest BCUT2D eigenvalue weighted by molar-refractivity contribution is -0.135. The third-order valence-corrected chi connectivity index (χ3v) is 9.82. The van der Waals surface area contributed by atoms with Gasteiger partial charge in [-0.25, -0.2) is 4.79 Å². The van der Waals surface area contributed by atoms with E-state index in [0.29, 0.717) is 18.6 Å². The highest BCUT2D eigenvalue weighted by molar-refractivity contribution is 6.00. The lowest BCUT2D eigenvalue weighted by atomic mass is 9.86. The van der Waals surface area contributed by atoms with Crippen LogP contribution >= 0.6 is 0 Å². The molecule has 2 saturated heterocycles. The second-order valence-electron chi connectivity index (χ2n) is 12.7. The first-order chi connectivity index (χ1) is 19.9. The number of rotatable bonds is 10. The van der Waals surface area contributed by atoms with Gasteiger partial charge in [0.05, 0.1) is 23.7 Å². The van der Waals surface area contributed by atoms with E-state index < -0.39 is 11.9 Å². The molecule has 2 saturated carbocycles. The molecule has 0 spiro atoms. The van der Waals surface area contributed by atoms with Crippen LogP contribution in [-0.2, 0) is 27.9 Å². The molecule has 6 rings (SSSR count). The number of carbonyl (C=O) groups excluding carboxylic acids is 2. The molecule has 1 aromatic carbocycles. The first-order valence-electron chi connectivity index (χ1n) is 15.8. The molecule has 4 aliphatic rings. The van der Waals surface area contributed by atoms with Gasteiger partial charge in [-0.2, -0.15) is 0 Å². The molecule has 1 aromatic heterocycles. The molecule has 2 N–H and O–H groups in total.